The summed E-state index contributed by atoms with van der Waals surface area (Å²) in [6.07, 6.45) is 3.63. The maximum absolute atomic E-state index is 12.6. The predicted molar refractivity (Wildman–Crippen MR) is 90.3 cm³/mol. The van der Waals surface area contributed by atoms with Gasteiger partial charge in [0.2, 0.25) is 5.88 Å². The number of para-hydroxylation sites is 1. The van der Waals surface area contributed by atoms with E-state index in [1.807, 2.05) is 24.3 Å². The first-order valence-electron chi connectivity index (χ1n) is 8.06. The van der Waals surface area contributed by atoms with E-state index in [-0.39, 0.29) is 6.10 Å². The second kappa shape index (κ2) is 6.35. The largest absolute Gasteiger partial charge is 0.471 e. The van der Waals surface area contributed by atoms with Gasteiger partial charge in [-0.25, -0.2) is 0 Å². The van der Waals surface area contributed by atoms with E-state index in [0.717, 1.165) is 10.9 Å². The predicted octanol–water partition coefficient (Wildman–Crippen LogP) is 1.82. The Hall–Kier alpha value is -3.22. The van der Waals surface area contributed by atoms with Gasteiger partial charge in [-0.2, -0.15) is 5.10 Å². The summed E-state index contributed by atoms with van der Waals surface area (Å²) in [5, 5.41) is 8.39. The molecule has 1 amide bonds. The van der Waals surface area contributed by atoms with Crippen LogP contribution in [0.15, 0.2) is 48.8 Å². The lowest BCUT2D eigenvalue weighted by Crippen LogP contribution is -2.36. The number of aromatic amines is 1. The molecule has 1 atom stereocenters. The number of nitrogens with zero attached hydrogens (tertiary/aromatic N) is 3. The molecule has 0 aliphatic carbocycles. The summed E-state index contributed by atoms with van der Waals surface area (Å²) >= 11 is 0. The number of rotatable bonds is 4. The van der Waals surface area contributed by atoms with Crippen molar-refractivity contribution in [2.45, 2.75) is 12.5 Å². The molecule has 3 heterocycles. The van der Waals surface area contributed by atoms with Crippen LogP contribution in [0.4, 0.5) is 0 Å². The second-order valence-electron chi connectivity index (χ2n) is 5.92. The number of amides is 1. The summed E-state index contributed by atoms with van der Waals surface area (Å²) in [5.74, 6) is -0.586. The van der Waals surface area contributed by atoms with Gasteiger partial charge in [0.1, 0.15) is 6.10 Å². The smallest absolute Gasteiger partial charge is 0.295 e. The third kappa shape index (κ3) is 2.96. The fourth-order valence-corrected chi connectivity index (χ4v) is 3.05. The van der Waals surface area contributed by atoms with E-state index >= 15 is 0 Å². The number of carbonyl (C=O) groups is 2. The number of hydrogen-bond acceptors (Lipinski definition) is 5. The van der Waals surface area contributed by atoms with Gasteiger partial charge < -0.3 is 14.6 Å². The zero-order valence-corrected chi connectivity index (χ0v) is 13.4. The topological polar surface area (TPSA) is 88.2 Å². The molecule has 1 aromatic carbocycles. The Kier molecular flexibility index (Phi) is 3.89. The summed E-state index contributed by atoms with van der Waals surface area (Å²) in [5.41, 5.74) is 1.24. The van der Waals surface area contributed by atoms with Crippen LogP contribution in [0.5, 0.6) is 5.88 Å². The summed E-state index contributed by atoms with van der Waals surface area (Å²) in [6, 6.07) is 10.9. The van der Waals surface area contributed by atoms with E-state index in [2.05, 4.69) is 15.2 Å². The van der Waals surface area contributed by atoms with Crippen LogP contribution in [0.1, 0.15) is 16.8 Å². The van der Waals surface area contributed by atoms with Crippen LogP contribution in [0.2, 0.25) is 0 Å². The molecule has 0 radical (unpaired) electrons. The summed E-state index contributed by atoms with van der Waals surface area (Å²) in [7, 11) is 0. The molecule has 4 rings (SSSR count). The van der Waals surface area contributed by atoms with Crippen LogP contribution in [-0.4, -0.2) is 51.0 Å². The molecule has 7 nitrogen and oxygen atoms in total. The molecule has 3 aromatic rings. The number of benzene rings is 1. The van der Waals surface area contributed by atoms with Crippen LogP contribution >= 0.6 is 0 Å². The number of hydrogen-bond donors (Lipinski definition) is 1. The van der Waals surface area contributed by atoms with Crippen LogP contribution in [0.3, 0.4) is 0 Å². The number of ether oxygens (including phenoxy) is 1. The highest BCUT2D eigenvalue weighted by Crippen LogP contribution is 2.21. The van der Waals surface area contributed by atoms with Crippen molar-refractivity contribution in [1.29, 1.82) is 0 Å². The van der Waals surface area contributed by atoms with Crippen LogP contribution in [0, 0.1) is 0 Å². The third-order valence-electron chi connectivity index (χ3n) is 4.30. The molecule has 1 aliphatic rings. The average molecular weight is 336 g/mol. The number of carbonyl (C=O) groups excluding carboxylic acids is 2. The van der Waals surface area contributed by atoms with Gasteiger partial charge in [-0.15, -0.1) is 5.10 Å². The van der Waals surface area contributed by atoms with Gasteiger partial charge in [-0.1, -0.05) is 18.2 Å². The molecular weight excluding hydrogens is 320 g/mol. The number of fused-ring (bicyclic) bond motifs is 1. The lowest BCUT2D eigenvalue weighted by Gasteiger charge is -2.15. The van der Waals surface area contributed by atoms with E-state index in [1.54, 1.807) is 24.5 Å². The van der Waals surface area contributed by atoms with Gasteiger partial charge in [0.25, 0.3) is 11.7 Å². The minimum Gasteiger partial charge on any atom is -0.471 e. The van der Waals surface area contributed by atoms with E-state index in [0.29, 0.717) is 31.0 Å². The molecule has 1 fully saturated rings. The molecule has 0 bridgehead atoms. The van der Waals surface area contributed by atoms with Gasteiger partial charge >= 0.3 is 0 Å². The van der Waals surface area contributed by atoms with Gasteiger partial charge in [-0.05, 0) is 12.1 Å². The van der Waals surface area contributed by atoms with E-state index < -0.39 is 11.7 Å². The van der Waals surface area contributed by atoms with Crippen molar-refractivity contribution in [1.82, 2.24) is 20.1 Å². The highest BCUT2D eigenvalue weighted by Gasteiger charge is 2.32. The van der Waals surface area contributed by atoms with Gasteiger partial charge in [0.05, 0.1) is 12.1 Å². The van der Waals surface area contributed by atoms with E-state index in [1.165, 1.54) is 4.90 Å². The quantitative estimate of drug-likeness (QED) is 0.580. The number of aromatic nitrogens is 3. The van der Waals surface area contributed by atoms with Gasteiger partial charge in [-0.3, -0.25) is 9.59 Å². The number of Topliss-reactive ketones (excluding diaryl/α,β-unsaturated/α-hetero) is 1. The van der Waals surface area contributed by atoms with Crippen LogP contribution in [-0.2, 0) is 4.79 Å². The molecule has 7 heteroatoms. The van der Waals surface area contributed by atoms with Gasteiger partial charge in [0.15, 0.2) is 0 Å². The minimum absolute atomic E-state index is 0.184. The lowest BCUT2D eigenvalue weighted by atomic mass is 10.1. The normalized spacial score (nSPS) is 17.0. The standard InChI is InChI=1S/C18H16N4O3/c23-17(14-10-19-15-5-2-1-4-13(14)15)18(24)22-9-7-12(11-22)25-16-6-3-8-20-21-16/h1-6,8,10,12,19H,7,9,11H2. The molecule has 1 aliphatic heterocycles. The van der Waals surface area contributed by atoms with E-state index in [9.17, 15) is 9.59 Å². The van der Waals surface area contributed by atoms with Crippen molar-refractivity contribution in [3.05, 3.63) is 54.4 Å². The molecule has 1 unspecified atom stereocenters. The van der Waals surface area contributed by atoms with Crippen molar-refractivity contribution >= 4 is 22.6 Å². The Morgan fingerprint density at radius 2 is 2.08 bits per heavy atom. The second-order valence-corrected chi connectivity index (χ2v) is 5.92. The molecule has 1 saturated heterocycles. The van der Waals surface area contributed by atoms with Crippen molar-refractivity contribution < 1.29 is 14.3 Å². The first-order valence-corrected chi connectivity index (χ1v) is 8.06. The molecule has 0 saturated carbocycles. The van der Waals surface area contributed by atoms with Crippen molar-refractivity contribution in [3.63, 3.8) is 0 Å². The Bertz CT molecular complexity index is 922. The maximum atomic E-state index is 12.6. The summed E-state index contributed by atoms with van der Waals surface area (Å²) in [4.78, 5) is 29.7. The zero-order chi connectivity index (χ0) is 17.2. The first-order chi connectivity index (χ1) is 12.2. The zero-order valence-electron chi connectivity index (χ0n) is 13.4. The summed E-state index contributed by atoms with van der Waals surface area (Å²) in [6.45, 7) is 0.849. The Morgan fingerprint density at radius 3 is 2.92 bits per heavy atom. The van der Waals surface area contributed by atoms with Crippen LogP contribution < -0.4 is 4.74 Å². The molecule has 2 aromatic heterocycles. The fourth-order valence-electron chi connectivity index (χ4n) is 3.05. The molecule has 0 spiro atoms. The fraction of sp³-hybridized carbons (Fsp3) is 0.222. The molecule has 126 valence electrons. The summed E-state index contributed by atoms with van der Waals surface area (Å²) < 4.78 is 5.71. The van der Waals surface area contributed by atoms with Crippen molar-refractivity contribution in [2.75, 3.05) is 13.1 Å². The Morgan fingerprint density at radius 1 is 1.20 bits per heavy atom. The highest BCUT2D eigenvalue weighted by atomic mass is 16.5. The van der Waals surface area contributed by atoms with Gasteiger partial charge in [0, 0.05) is 42.3 Å². The average Bonchev–Trinajstić information content (AvgIpc) is 3.28. The maximum Gasteiger partial charge on any atom is 0.295 e. The van der Waals surface area contributed by atoms with Crippen LogP contribution in [0.25, 0.3) is 10.9 Å². The molecule has 1 N–H and O–H groups in total. The first kappa shape index (κ1) is 15.3. The SMILES string of the molecule is O=C(C(=O)N1CCC(Oc2cccnn2)C1)c1c[nH]c2ccccc12. The Balaban J connectivity index is 1.45. The molecular formula is C18H16N4O3. The lowest BCUT2D eigenvalue weighted by molar-refractivity contribution is -0.125. The monoisotopic (exact) mass is 336 g/mol. The third-order valence-corrected chi connectivity index (χ3v) is 4.30. The molecule has 25 heavy (non-hydrogen) atoms. The number of H-pyrrole nitrogens is 1. The van der Waals surface area contributed by atoms with Crippen molar-refractivity contribution in [2.24, 2.45) is 0 Å². The number of ketones is 1. The van der Waals surface area contributed by atoms with Crippen molar-refractivity contribution in [3.8, 4) is 5.88 Å². The Labute approximate surface area is 143 Å². The number of likely N-dealkylation sites (tertiary alicyclic amines) is 1. The minimum atomic E-state index is -0.505. The highest BCUT2D eigenvalue weighted by molar-refractivity contribution is 6.44. The van der Waals surface area contributed by atoms with E-state index in [4.69, 9.17) is 4.74 Å². The number of nitrogens with one attached hydrogen (secondary N) is 1.